The van der Waals surface area contributed by atoms with Crippen molar-refractivity contribution >= 4 is 17.9 Å². The van der Waals surface area contributed by atoms with Gasteiger partial charge in [0.2, 0.25) is 0 Å². The first-order valence-electron chi connectivity index (χ1n) is 17.0. The van der Waals surface area contributed by atoms with Crippen molar-refractivity contribution < 1.29 is 57.0 Å². The van der Waals surface area contributed by atoms with E-state index in [0.717, 1.165) is 16.7 Å². The van der Waals surface area contributed by atoms with Crippen LogP contribution in [0, 0.1) is 0 Å². The molecule has 51 heavy (non-hydrogen) atoms. The summed E-state index contributed by atoms with van der Waals surface area (Å²) < 4.78 is 55.9. The predicted octanol–water partition coefficient (Wildman–Crippen LogP) is 5.04. The van der Waals surface area contributed by atoms with E-state index in [1.54, 1.807) is 6.92 Å². The Kier molecular flexibility index (Phi) is 13.7. The van der Waals surface area contributed by atoms with Crippen LogP contribution in [0.1, 0.15) is 51.3 Å². The molecule has 2 heterocycles. The quantitative estimate of drug-likeness (QED) is 0.164. The molecule has 3 aromatic carbocycles. The van der Waals surface area contributed by atoms with Crippen LogP contribution in [0.15, 0.2) is 91.0 Å². The molecular weight excluding hydrogens is 660 g/mol. The summed E-state index contributed by atoms with van der Waals surface area (Å²) in [5.41, 5.74) is 2.76. The van der Waals surface area contributed by atoms with Gasteiger partial charge in [0.05, 0.1) is 32.0 Å². The number of hydrogen-bond acceptors (Lipinski definition) is 12. The molecule has 0 N–H and O–H groups in total. The number of carbonyl (C=O) groups is 3. The molecule has 2 fully saturated rings. The van der Waals surface area contributed by atoms with Crippen molar-refractivity contribution in [3.8, 4) is 0 Å². The lowest BCUT2D eigenvalue weighted by Gasteiger charge is -2.48. The zero-order valence-electron chi connectivity index (χ0n) is 29.5. The molecule has 5 rings (SSSR count). The van der Waals surface area contributed by atoms with Crippen LogP contribution in [0.5, 0.6) is 0 Å². The van der Waals surface area contributed by atoms with Crippen LogP contribution in [0.4, 0.5) is 0 Å². The molecule has 0 unspecified atom stereocenters. The summed E-state index contributed by atoms with van der Waals surface area (Å²) in [4.78, 5) is 36.9. The third-order valence-corrected chi connectivity index (χ3v) is 8.48. The fraction of sp³-hybridized carbons (Fsp3) is 0.462. The van der Waals surface area contributed by atoms with E-state index in [-0.39, 0.29) is 19.8 Å². The smallest absolute Gasteiger partial charge is 0.303 e. The monoisotopic (exact) mass is 706 g/mol. The number of hydrogen-bond donors (Lipinski definition) is 0. The van der Waals surface area contributed by atoms with E-state index in [4.69, 9.17) is 42.6 Å². The highest BCUT2D eigenvalue weighted by Crippen LogP contribution is 2.36. The number of benzene rings is 3. The van der Waals surface area contributed by atoms with E-state index in [0.29, 0.717) is 0 Å². The van der Waals surface area contributed by atoms with E-state index < -0.39 is 79.3 Å². The van der Waals surface area contributed by atoms with Gasteiger partial charge in [-0.1, -0.05) is 91.0 Å². The molecule has 10 atom stereocenters. The van der Waals surface area contributed by atoms with Crippen molar-refractivity contribution in [3.05, 3.63) is 108 Å². The van der Waals surface area contributed by atoms with Gasteiger partial charge in [-0.2, -0.15) is 0 Å². The predicted molar refractivity (Wildman–Crippen MR) is 181 cm³/mol. The Labute approximate surface area is 298 Å². The first kappa shape index (κ1) is 38.1. The minimum absolute atomic E-state index is 0.179. The summed E-state index contributed by atoms with van der Waals surface area (Å²) >= 11 is 0. The average Bonchev–Trinajstić information content (AvgIpc) is 3.11. The summed E-state index contributed by atoms with van der Waals surface area (Å²) in [5.74, 6) is -2.01. The molecule has 2 aliphatic rings. The van der Waals surface area contributed by atoms with Gasteiger partial charge in [0.1, 0.15) is 18.3 Å². The first-order valence-corrected chi connectivity index (χ1v) is 17.0. The Morgan fingerprint density at radius 2 is 0.863 bits per heavy atom. The normalized spacial score (nSPS) is 29.1. The Hall–Kier alpha value is -4.17. The van der Waals surface area contributed by atoms with Gasteiger partial charge in [-0.3, -0.25) is 14.4 Å². The summed E-state index contributed by atoms with van der Waals surface area (Å²) in [6.07, 6.45) is -9.96. The SMILES string of the molecule is CC(=O)O[C@H]1[C@H](OC(C)=O)[C@@H](O[C@@H]2[C@@H](OCc3ccccc3)O[C@@H](C)[C@@H](OCc3ccccc3)[C@H]2OCc2ccccc2)O[C@@H](C)[C@H]1OC(C)=O. The second kappa shape index (κ2) is 18.4. The van der Waals surface area contributed by atoms with Crippen LogP contribution < -0.4 is 0 Å². The van der Waals surface area contributed by atoms with Crippen LogP contribution in [0.3, 0.4) is 0 Å². The van der Waals surface area contributed by atoms with E-state index in [9.17, 15) is 14.4 Å². The van der Waals surface area contributed by atoms with Crippen LogP contribution >= 0.6 is 0 Å². The van der Waals surface area contributed by atoms with Gasteiger partial charge in [-0.15, -0.1) is 0 Å². The Bertz CT molecular complexity index is 1540. The molecular formula is C39H46O12. The summed E-state index contributed by atoms with van der Waals surface area (Å²) in [7, 11) is 0. The average molecular weight is 707 g/mol. The van der Waals surface area contributed by atoms with E-state index in [1.807, 2.05) is 97.9 Å². The molecule has 0 aromatic heterocycles. The Morgan fingerprint density at radius 1 is 0.471 bits per heavy atom. The van der Waals surface area contributed by atoms with Gasteiger partial charge in [0, 0.05) is 20.8 Å². The molecule has 0 radical (unpaired) electrons. The van der Waals surface area contributed by atoms with Crippen molar-refractivity contribution in [3.63, 3.8) is 0 Å². The largest absolute Gasteiger partial charge is 0.456 e. The van der Waals surface area contributed by atoms with Crippen molar-refractivity contribution in [2.75, 3.05) is 0 Å². The number of ether oxygens (including phenoxy) is 9. The number of carbonyl (C=O) groups excluding carboxylic acids is 3. The molecule has 0 aliphatic carbocycles. The summed E-state index contributed by atoms with van der Waals surface area (Å²) in [6.45, 7) is 7.80. The highest BCUT2D eigenvalue weighted by atomic mass is 16.8. The molecule has 0 bridgehead atoms. The molecule has 274 valence electrons. The Balaban J connectivity index is 1.51. The zero-order chi connectivity index (χ0) is 36.3. The molecule has 0 spiro atoms. The molecule has 12 nitrogen and oxygen atoms in total. The topological polar surface area (TPSA) is 134 Å². The molecule has 0 amide bonds. The maximum Gasteiger partial charge on any atom is 0.303 e. The third-order valence-electron chi connectivity index (χ3n) is 8.48. The maximum absolute atomic E-state index is 12.5. The molecule has 0 saturated carbocycles. The minimum Gasteiger partial charge on any atom is -0.456 e. The van der Waals surface area contributed by atoms with Gasteiger partial charge < -0.3 is 42.6 Å². The molecule has 3 aromatic rings. The van der Waals surface area contributed by atoms with Crippen molar-refractivity contribution in [2.24, 2.45) is 0 Å². The van der Waals surface area contributed by atoms with Crippen LogP contribution in [0.2, 0.25) is 0 Å². The fourth-order valence-corrected chi connectivity index (χ4v) is 6.19. The van der Waals surface area contributed by atoms with Crippen molar-refractivity contribution in [1.29, 1.82) is 0 Å². The lowest BCUT2D eigenvalue weighted by Crippen LogP contribution is -2.65. The number of esters is 3. The van der Waals surface area contributed by atoms with Gasteiger partial charge >= 0.3 is 17.9 Å². The van der Waals surface area contributed by atoms with Crippen molar-refractivity contribution in [1.82, 2.24) is 0 Å². The van der Waals surface area contributed by atoms with Gasteiger partial charge in [0.15, 0.2) is 30.9 Å². The zero-order valence-corrected chi connectivity index (χ0v) is 29.5. The van der Waals surface area contributed by atoms with Gasteiger partial charge in [-0.25, -0.2) is 0 Å². The van der Waals surface area contributed by atoms with Gasteiger partial charge in [-0.05, 0) is 30.5 Å². The van der Waals surface area contributed by atoms with E-state index in [1.165, 1.54) is 20.8 Å². The highest BCUT2D eigenvalue weighted by Gasteiger charge is 2.55. The Morgan fingerprint density at radius 3 is 1.35 bits per heavy atom. The van der Waals surface area contributed by atoms with Crippen LogP contribution in [-0.4, -0.2) is 79.3 Å². The minimum atomic E-state index is -1.35. The molecule has 12 heteroatoms. The highest BCUT2D eigenvalue weighted by molar-refractivity contribution is 5.68. The lowest BCUT2D eigenvalue weighted by atomic mass is 9.96. The van der Waals surface area contributed by atoms with Crippen LogP contribution in [-0.2, 0) is 76.8 Å². The van der Waals surface area contributed by atoms with E-state index in [2.05, 4.69) is 0 Å². The lowest BCUT2D eigenvalue weighted by molar-refractivity contribution is -0.371. The second-order valence-corrected chi connectivity index (χ2v) is 12.6. The first-order chi connectivity index (χ1) is 24.6. The molecule has 2 aliphatic heterocycles. The third kappa shape index (κ3) is 10.7. The van der Waals surface area contributed by atoms with Crippen molar-refractivity contribution in [2.45, 2.75) is 116 Å². The molecule has 2 saturated heterocycles. The maximum atomic E-state index is 12.5. The summed E-state index contributed by atoms with van der Waals surface area (Å²) in [5, 5.41) is 0. The number of rotatable bonds is 14. The van der Waals surface area contributed by atoms with E-state index >= 15 is 0 Å². The second-order valence-electron chi connectivity index (χ2n) is 12.6. The standard InChI is InChI=1S/C39H46O12/c1-24-32(43-21-29-15-9-6-10-16-29)34(44-22-30-17-11-7-12-18-30)36(38(46-24)45-23-31-19-13-8-14-20-31)51-39-37(50-28(5)42)35(49-27(4)41)33(25(2)47-39)48-26(3)40/h6-20,24-25,32-39H,21-23H2,1-5H3/t24-,25-,32+,33+,34+,35+,36-,37-,38-,39+/m0/s1. The summed E-state index contributed by atoms with van der Waals surface area (Å²) in [6, 6.07) is 29.0. The van der Waals surface area contributed by atoms with Gasteiger partial charge in [0.25, 0.3) is 0 Å². The van der Waals surface area contributed by atoms with Crippen LogP contribution in [0.25, 0.3) is 0 Å². The fourth-order valence-electron chi connectivity index (χ4n) is 6.19.